The summed E-state index contributed by atoms with van der Waals surface area (Å²) in [6.45, 7) is 4.09. The van der Waals surface area contributed by atoms with E-state index in [0.717, 1.165) is 19.3 Å². The molecule has 0 radical (unpaired) electrons. The second-order valence-electron chi connectivity index (χ2n) is 10.3. The molecule has 1 unspecified atom stereocenters. The van der Waals surface area contributed by atoms with E-state index >= 15 is 0 Å². The van der Waals surface area contributed by atoms with Crippen LogP contribution in [0.25, 0.3) is 0 Å². The van der Waals surface area contributed by atoms with Crippen molar-refractivity contribution in [3.05, 3.63) is 0 Å². The highest BCUT2D eigenvalue weighted by Gasteiger charge is 2.38. The van der Waals surface area contributed by atoms with Crippen LogP contribution in [0.1, 0.15) is 122 Å². The monoisotopic (exact) mass is 528 g/mol. The molecule has 0 aromatic carbocycles. The molecule has 0 heterocycles. The number of carboxylic acids is 2. The van der Waals surface area contributed by atoms with Crippen LogP contribution >= 0.6 is 0 Å². The van der Waals surface area contributed by atoms with Crippen molar-refractivity contribution in [3.63, 3.8) is 0 Å². The topological polar surface area (TPSA) is 154 Å². The Morgan fingerprint density at radius 1 is 0.649 bits per heavy atom. The van der Waals surface area contributed by atoms with Gasteiger partial charge in [-0.2, -0.15) is 0 Å². The highest BCUT2D eigenvalue weighted by Crippen LogP contribution is 2.21. The molecule has 0 aliphatic rings. The normalized spacial score (nSPS) is 12.9. The molecular formula is C28H56N4O5. The summed E-state index contributed by atoms with van der Waals surface area (Å²) in [4.78, 5) is 34.1. The maximum Gasteiger partial charge on any atom is 0.324 e. The molecule has 0 saturated heterocycles. The van der Waals surface area contributed by atoms with Crippen molar-refractivity contribution >= 4 is 17.8 Å². The van der Waals surface area contributed by atoms with Crippen molar-refractivity contribution in [1.82, 2.24) is 16.0 Å². The van der Waals surface area contributed by atoms with Gasteiger partial charge in [0.25, 0.3) is 0 Å². The van der Waals surface area contributed by atoms with Gasteiger partial charge in [0.15, 0.2) is 0 Å². The summed E-state index contributed by atoms with van der Waals surface area (Å²) in [5.74, 6) is -2.58. The number of carboxylic acid groups (broad SMARTS) is 2. The lowest BCUT2D eigenvalue weighted by atomic mass is 9.88. The molecule has 0 aromatic heterocycles. The van der Waals surface area contributed by atoms with Gasteiger partial charge in [0.1, 0.15) is 5.54 Å². The lowest BCUT2D eigenvalue weighted by Gasteiger charge is -2.30. The molecule has 0 bridgehead atoms. The van der Waals surface area contributed by atoms with Crippen LogP contribution in [0, 0.1) is 0 Å². The molecule has 0 rings (SSSR count). The van der Waals surface area contributed by atoms with Gasteiger partial charge in [-0.15, -0.1) is 0 Å². The van der Waals surface area contributed by atoms with Gasteiger partial charge in [-0.05, 0) is 6.42 Å². The molecule has 0 aromatic rings. The number of amides is 1. The zero-order valence-electron chi connectivity index (χ0n) is 23.5. The van der Waals surface area contributed by atoms with E-state index < -0.39 is 23.4 Å². The number of rotatable bonds is 29. The van der Waals surface area contributed by atoms with Gasteiger partial charge in [-0.1, -0.05) is 110 Å². The SMILES string of the molecule is CCCCCCCCCCCCCCCCCCC(CC(N)=O)(NCCNCCNCC(=O)O)C(=O)O. The summed E-state index contributed by atoms with van der Waals surface area (Å²) in [6, 6.07) is 0. The average Bonchev–Trinajstić information content (AvgIpc) is 2.84. The van der Waals surface area contributed by atoms with E-state index in [1.165, 1.54) is 83.5 Å². The highest BCUT2D eigenvalue weighted by molar-refractivity contribution is 5.87. The summed E-state index contributed by atoms with van der Waals surface area (Å²) in [5.41, 5.74) is 4.03. The van der Waals surface area contributed by atoms with Gasteiger partial charge >= 0.3 is 11.9 Å². The van der Waals surface area contributed by atoms with Crippen molar-refractivity contribution in [2.75, 3.05) is 32.7 Å². The second kappa shape index (κ2) is 24.6. The lowest BCUT2D eigenvalue weighted by molar-refractivity contribution is -0.147. The minimum absolute atomic E-state index is 0.0972. The Morgan fingerprint density at radius 2 is 1.08 bits per heavy atom. The fourth-order valence-electron chi connectivity index (χ4n) is 4.66. The van der Waals surface area contributed by atoms with Crippen LogP contribution < -0.4 is 21.7 Å². The predicted molar refractivity (Wildman–Crippen MR) is 150 cm³/mol. The minimum Gasteiger partial charge on any atom is -0.480 e. The maximum absolute atomic E-state index is 12.1. The molecule has 1 amide bonds. The third-order valence-corrected chi connectivity index (χ3v) is 6.86. The van der Waals surface area contributed by atoms with Crippen LogP contribution in [-0.2, 0) is 14.4 Å². The molecular weight excluding hydrogens is 472 g/mol. The van der Waals surface area contributed by atoms with Gasteiger partial charge in [0, 0.05) is 26.2 Å². The molecule has 1 atom stereocenters. The van der Waals surface area contributed by atoms with Crippen molar-refractivity contribution in [3.8, 4) is 0 Å². The minimum atomic E-state index is -1.34. The smallest absolute Gasteiger partial charge is 0.324 e. The van der Waals surface area contributed by atoms with Crippen LogP contribution in [0.4, 0.5) is 0 Å². The Balaban J connectivity index is 3.95. The Hall–Kier alpha value is -1.71. The van der Waals surface area contributed by atoms with Crippen molar-refractivity contribution in [2.24, 2.45) is 5.73 Å². The third-order valence-electron chi connectivity index (χ3n) is 6.86. The summed E-state index contributed by atoms with van der Waals surface area (Å²) in [5, 5.41) is 27.4. The van der Waals surface area contributed by atoms with E-state index in [1.807, 2.05) is 0 Å². The zero-order chi connectivity index (χ0) is 27.6. The van der Waals surface area contributed by atoms with E-state index in [0.29, 0.717) is 32.6 Å². The molecule has 0 aliphatic heterocycles. The average molecular weight is 529 g/mol. The highest BCUT2D eigenvalue weighted by atomic mass is 16.4. The largest absolute Gasteiger partial charge is 0.480 e. The molecule has 37 heavy (non-hydrogen) atoms. The van der Waals surface area contributed by atoms with E-state index in [4.69, 9.17) is 10.8 Å². The van der Waals surface area contributed by atoms with E-state index in [-0.39, 0.29) is 13.0 Å². The number of carbonyl (C=O) groups excluding carboxylic acids is 1. The first-order valence-electron chi connectivity index (χ1n) is 14.7. The first-order valence-corrected chi connectivity index (χ1v) is 14.7. The number of unbranched alkanes of at least 4 members (excludes halogenated alkanes) is 15. The van der Waals surface area contributed by atoms with Gasteiger partial charge in [0.2, 0.25) is 5.91 Å². The lowest BCUT2D eigenvalue weighted by Crippen LogP contribution is -2.55. The molecule has 7 N–H and O–H groups in total. The molecule has 9 heteroatoms. The number of hydrogen-bond acceptors (Lipinski definition) is 6. The Morgan fingerprint density at radius 3 is 1.51 bits per heavy atom. The molecule has 0 fully saturated rings. The molecule has 0 saturated carbocycles. The van der Waals surface area contributed by atoms with Crippen LogP contribution in [0.2, 0.25) is 0 Å². The third kappa shape index (κ3) is 22.0. The fraction of sp³-hybridized carbons (Fsp3) is 0.893. The zero-order valence-corrected chi connectivity index (χ0v) is 23.5. The molecule has 0 aliphatic carbocycles. The number of primary amides is 1. The summed E-state index contributed by atoms with van der Waals surface area (Å²) >= 11 is 0. The van der Waals surface area contributed by atoms with Gasteiger partial charge in [-0.3, -0.25) is 14.4 Å². The summed E-state index contributed by atoms with van der Waals surface area (Å²) in [6.07, 6.45) is 20.2. The number of nitrogens with one attached hydrogen (secondary N) is 3. The molecule has 0 spiro atoms. The van der Waals surface area contributed by atoms with Gasteiger partial charge in [0.05, 0.1) is 13.0 Å². The van der Waals surface area contributed by atoms with E-state index in [9.17, 15) is 19.5 Å². The van der Waals surface area contributed by atoms with Gasteiger partial charge < -0.3 is 31.9 Å². The Kier molecular flexibility index (Phi) is 23.5. The fourth-order valence-corrected chi connectivity index (χ4v) is 4.66. The van der Waals surface area contributed by atoms with E-state index in [1.54, 1.807) is 0 Å². The van der Waals surface area contributed by atoms with Crippen LogP contribution in [0.15, 0.2) is 0 Å². The quantitative estimate of drug-likeness (QED) is 0.0790. The number of nitrogens with two attached hydrogens (primary N) is 1. The van der Waals surface area contributed by atoms with Crippen molar-refractivity contribution < 1.29 is 24.6 Å². The van der Waals surface area contributed by atoms with Gasteiger partial charge in [-0.25, -0.2) is 0 Å². The maximum atomic E-state index is 12.1. The predicted octanol–water partition coefficient (Wildman–Crippen LogP) is 4.19. The Labute approximate surface area is 225 Å². The Bertz CT molecular complexity index is 591. The van der Waals surface area contributed by atoms with Crippen molar-refractivity contribution in [1.29, 1.82) is 0 Å². The number of hydrogen-bond donors (Lipinski definition) is 6. The van der Waals surface area contributed by atoms with E-state index in [2.05, 4.69) is 22.9 Å². The summed E-state index contributed by atoms with van der Waals surface area (Å²) < 4.78 is 0. The molecule has 218 valence electrons. The van der Waals surface area contributed by atoms with Crippen LogP contribution in [0.3, 0.4) is 0 Å². The first kappa shape index (κ1) is 35.3. The number of aliphatic carboxylic acids is 2. The number of carbonyl (C=O) groups is 3. The van der Waals surface area contributed by atoms with Crippen molar-refractivity contribution in [2.45, 2.75) is 128 Å². The second-order valence-corrected chi connectivity index (χ2v) is 10.3. The van der Waals surface area contributed by atoms with Crippen LogP contribution in [-0.4, -0.2) is 66.3 Å². The standard InChI is InChI=1S/C28H56N4O5/c1-2-3-4-5-6-7-8-9-10-11-12-13-14-15-16-17-18-28(27(36)37,23-25(29)33)32-22-21-30-19-20-31-24-26(34)35/h30-32H,2-24H2,1H3,(H2,29,33)(H,34,35)(H,36,37). The summed E-state index contributed by atoms with van der Waals surface area (Å²) in [7, 11) is 0. The first-order chi connectivity index (χ1) is 17.8. The van der Waals surface area contributed by atoms with Crippen LogP contribution in [0.5, 0.6) is 0 Å². The molecule has 9 nitrogen and oxygen atoms in total.